The molecule has 0 radical (unpaired) electrons. The molecule has 1 aromatic carbocycles. The standard InChI is InChI=1S/C16H10N2O2S/c19-15-13(11-8-9-4-1-2-5-10(9)17-11)14(16(20)18-15)12-6-3-7-21-12/h1-8,17H,(H,18,19,20). The average Bonchev–Trinajstić information content (AvgIpc) is 3.16. The van der Waals surface area contributed by atoms with Gasteiger partial charge in [0.25, 0.3) is 11.8 Å². The number of H-pyrrole nitrogens is 1. The predicted molar refractivity (Wildman–Crippen MR) is 82.6 cm³/mol. The van der Waals surface area contributed by atoms with E-state index in [0.29, 0.717) is 16.8 Å². The average molecular weight is 294 g/mol. The molecule has 21 heavy (non-hydrogen) atoms. The van der Waals surface area contributed by atoms with Gasteiger partial charge in [0, 0.05) is 15.8 Å². The van der Waals surface area contributed by atoms with Crippen LogP contribution in [0.4, 0.5) is 0 Å². The molecule has 5 heteroatoms. The number of thiophene rings is 1. The van der Waals surface area contributed by atoms with Crippen LogP contribution in [0.3, 0.4) is 0 Å². The summed E-state index contributed by atoms with van der Waals surface area (Å²) >= 11 is 1.45. The molecule has 0 fully saturated rings. The maximum Gasteiger partial charge on any atom is 0.261 e. The number of rotatable bonds is 2. The van der Waals surface area contributed by atoms with Crippen LogP contribution in [0, 0.1) is 0 Å². The number of amides is 2. The van der Waals surface area contributed by atoms with Gasteiger partial charge in [0.1, 0.15) is 0 Å². The first-order valence-corrected chi connectivity index (χ1v) is 7.34. The van der Waals surface area contributed by atoms with E-state index in [1.165, 1.54) is 11.3 Å². The zero-order valence-electron chi connectivity index (χ0n) is 10.8. The second-order valence-electron chi connectivity index (χ2n) is 4.78. The van der Waals surface area contributed by atoms with E-state index >= 15 is 0 Å². The number of para-hydroxylation sites is 1. The molecule has 0 atom stereocenters. The molecular weight excluding hydrogens is 284 g/mol. The van der Waals surface area contributed by atoms with Crippen LogP contribution in [0.1, 0.15) is 10.6 Å². The zero-order valence-corrected chi connectivity index (χ0v) is 11.7. The van der Waals surface area contributed by atoms with E-state index in [4.69, 9.17) is 0 Å². The van der Waals surface area contributed by atoms with Crippen LogP contribution >= 0.6 is 11.3 Å². The maximum atomic E-state index is 12.2. The van der Waals surface area contributed by atoms with Gasteiger partial charge >= 0.3 is 0 Å². The number of hydrogen-bond donors (Lipinski definition) is 2. The fourth-order valence-corrected chi connectivity index (χ4v) is 3.35. The van der Waals surface area contributed by atoms with Crippen LogP contribution in [0.15, 0.2) is 47.8 Å². The van der Waals surface area contributed by atoms with Gasteiger partial charge in [-0.15, -0.1) is 11.3 Å². The molecule has 4 rings (SSSR count). The monoisotopic (exact) mass is 294 g/mol. The van der Waals surface area contributed by atoms with Crippen molar-refractivity contribution in [2.75, 3.05) is 0 Å². The largest absolute Gasteiger partial charge is 0.354 e. The van der Waals surface area contributed by atoms with Gasteiger partial charge in [-0.2, -0.15) is 0 Å². The normalized spacial score (nSPS) is 15.0. The number of hydrogen-bond acceptors (Lipinski definition) is 3. The Morgan fingerprint density at radius 3 is 2.48 bits per heavy atom. The summed E-state index contributed by atoms with van der Waals surface area (Å²) in [5.41, 5.74) is 2.47. The highest BCUT2D eigenvalue weighted by molar-refractivity contribution is 7.11. The summed E-state index contributed by atoms with van der Waals surface area (Å²) in [6.45, 7) is 0. The van der Waals surface area contributed by atoms with Crippen LogP contribution in [-0.2, 0) is 9.59 Å². The third-order valence-electron chi connectivity index (χ3n) is 3.50. The fourth-order valence-electron chi connectivity index (χ4n) is 2.58. The van der Waals surface area contributed by atoms with E-state index in [2.05, 4.69) is 10.3 Å². The third-order valence-corrected chi connectivity index (χ3v) is 4.39. The number of fused-ring (bicyclic) bond motifs is 1. The highest BCUT2D eigenvalue weighted by Crippen LogP contribution is 2.34. The Morgan fingerprint density at radius 2 is 1.71 bits per heavy atom. The van der Waals surface area contributed by atoms with E-state index in [0.717, 1.165) is 15.8 Å². The van der Waals surface area contributed by atoms with E-state index in [9.17, 15) is 9.59 Å². The topological polar surface area (TPSA) is 62.0 Å². The lowest BCUT2D eigenvalue weighted by Crippen LogP contribution is -2.22. The Balaban J connectivity index is 1.98. The Labute approximate surface area is 124 Å². The van der Waals surface area contributed by atoms with E-state index < -0.39 is 0 Å². The minimum absolute atomic E-state index is 0.337. The fraction of sp³-hybridized carbons (Fsp3) is 0. The molecule has 3 aromatic rings. The van der Waals surface area contributed by atoms with Crippen molar-refractivity contribution >= 4 is 45.2 Å². The van der Waals surface area contributed by atoms with Crippen molar-refractivity contribution < 1.29 is 9.59 Å². The number of benzene rings is 1. The second-order valence-corrected chi connectivity index (χ2v) is 5.73. The Kier molecular flexibility index (Phi) is 2.55. The number of imide groups is 1. The molecule has 0 aliphatic carbocycles. The van der Waals surface area contributed by atoms with Crippen molar-refractivity contribution in [3.63, 3.8) is 0 Å². The van der Waals surface area contributed by atoms with Crippen molar-refractivity contribution in [2.45, 2.75) is 0 Å². The Bertz CT molecular complexity index is 870. The van der Waals surface area contributed by atoms with E-state index in [1.807, 2.05) is 47.8 Å². The van der Waals surface area contributed by atoms with Crippen molar-refractivity contribution in [1.82, 2.24) is 10.3 Å². The summed E-state index contributed by atoms with van der Waals surface area (Å²) in [5.74, 6) is -0.689. The summed E-state index contributed by atoms with van der Waals surface area (Å²) in [7, 11) is 0. The predicted octanol–water partition coefficient (Wildman–Crippen LogP) is 2.80. The molecule has 0 unspecified atom stereocenters. The summed E-state index contributed by atoms with van der Waals surface area (Å²) in [5, 5.41) is 5.28. The molecule has 1 aliphatic rings. The minimum atomic E-state index is -0.352. The second kappa shape index (κ2) is 4.43. The molecule has 0 bridgehead atoms. The maximum absolute atomic E-state index is 12.2. The molecule has 2 N–H and O–H groups in total. The molecule has 0 spiro atoms. The SMILES string of the molecule is O=C1NC(=O)C(c2cccs2)=C1c1cc2ccccc2[nH]1. The molecule has 2 amide bonds. The van der Waals surface area contributed by atoms with Crippen molar-refractivity contribution in [1.29, 1.82) is 0 Å². The first-order valence-electron chi connectivity index (χ1n) is 6.46. The van der Waals surface area contributed by atoms with Gasteiger partial charge in [-0.1, -0.05) is 24.3 Å². The number of carbonyl (C=O) groups excluding carboxylic acids is 2. The minimum Gasteiger partial charge on any atom is -0.354 e. The third kappa shape index (κ3) is 1.82. The van der Waals surface area contributed by atoms with Gasteiger partial charge in [-0.3, -0.25) is 14.9 Å². The van der Waals surface area contributed by atoms with Crippen LogP contribution in [-0.4, -0.2) is 16.8 Å². The van der Waals surface area contributed by atoms with Gasteiger partial charge in [0.2, 0.25) is 0 Å². The van der Waals surface area contributed by atoms with Crippen LogP contribution < -0.4 is 5.32 Å². The number of aromatic amines is 1. The molecule has 1 aliphatic heterocycles. The van der Waals surface area contributed by atoms with Crippen molar-refractivity contribution in [3.8, 4) is 0 Å². The zero-order chi connectivity index (χ0) is 14.4. The number of carbonyl (C=O) groups is 2. The number of aromatic nitrogens is 1. The van der Waals surface area contributed by atoms with Crippen LogP contribution in [0.25, 0.3) is 22.0 Å². The summed E-state index contributed by atoms with van der Waals surface area (Å²) in [6, 6.07) is 13.4. The first kappa shape index (κ1) is 12.1. The highest BCUT2D eigenvalue weighted by Gasteiger charge is 2.33. The van der Waals surface area contributed by atoms with E-state index in [1.54, 1.807) is 0 Å². The first-order chi connectivity index (χ1) is 10.2. The van der Waals surface area contributed by atoms with Gasteiger partial charge in [-0.25, -0.2) is 0 Å². The molecule has 2 aromatic heterocycles. The number of nitrogens with one attached hydrogen (secondary N) is 2. The van der Waals surface area contributed by atoms with Gasteiger partial charge in [-0.05, 0) is 23.6 Å². The van der Waals surface area contributed by atoms with Gasteiger partial charge < -0.3 is 4.98 Å². The molecule has 3 heterocycles. The lowest BCUT2D eigenvalue weighted by molar-refractivity contribution is -0.122. The van der Waals surface area contributed by atoms with E-state index in [-0.39, 0.29) is 11.8 Å². The van der Waals surface area contributed by atoms with Crippen molar-refractivity contribution in [3.05, 3.63) is 58.4 Å². The molecular formula is C16H10N2O2S. The summed E-state index contributed by atoms with van der Waals surface area (Å²) < 4.78 is 0. The summed E-state index contributed by atoms with van der Waals surface area (Å²) in [6.07, 6.45) is 0. The Hall–Kier alpha value is -2.66. The van der Waals surface area contributed by atoms with Gasteiger partial charge in [0.15, 0.2) is 0 Å². The molecule has 4 nitrogen and oxygen atoms in total. The smallest absolute Gasteiger partial charge is 0.261 e. The molecule has 0 saturated carbocycles. The highest BCUT2D eigenvalue weighted by atomic mass is 32.1. The van der Waals surface area contributed by atoms with Crippen LogP contribution in [0.5, 0.6) is 0 Å². The summed E-state index contributed by atoms with van der Waals surface area (Å²) in [4.78, 5) is 28.3. The lowest BCUT2D eigenvalue weighted by atomic mass is 10.1. The molecule has 0 saturated heterocycles. The quantitative estimate of drug-likeness (QED) is 0.714. The lowest BCUT2D eigenvalue weighted by Gasteiger charge is -1.99. The Morgan fingerprint density at radius 1 is 0.905 bits per heavy atom. The molecule has 102 valence electrons. The van der Waals surface area contributed by atoms with Crippen molar-refractivity contribution in [2.24, 2.45) is 0 Å². The van der Waals surface area contributed by atoms with Crippen LogP contribution in [0.2, 0.25) is 0 Å². The van der Waals surface area contributed by atoms with Gasteiger partial charge in [0.05, 0.1) is 16.8 Å².